The molecule has 3 rings (SSSR count). The fourth-order valence-corrected chi connectivity index (χ4v) is 2.79. The first-order valence-electron chi connectivity index (χ1n) is 11.2. The first-order chi connectivity index (χ1) is 16.4. The Labute approximate surface area is 204 Å². The normalized spacial score (nSPS) is 11.5. The Morgan fingerprint density at radius 2 is 1.49 bits per heavy atom. The third kappa shape index (κ3) is 7.73. The molecular formula is C25H31N7O3. The monoisotopic (exact) mass is 477 g/mol. The Bertz CT molecular complexity index is 1170. The van der Waals surface area contributed by atoms with Gasteiger partial charge in [0.1, 0.15) is 6.61 Å². The van der Waals surface area contributed by atoms with E-state index in [1.165, 1.54) is 0 Å². The maximum atomic E-state index is 12.1. The highest BCUT2D eigenvalue weighted by atomic mass is 16.5. The van der Waals surface area contributed by atoms with Gasteiger partial charge in [0, 0.05) is 33.5 Å². The SMILES string of the molecule is CC(C)(C)NC(=O)OCc1ccccc1Nc1nnc(-c2ccc(NC(=O)C(C)(C)C)cc2)nn1. The van der Waals surface area contributed by atoms with Crippen LogP contribution in [0.1, 0.15) is 47.1 Å². The van der Waals surface area contributed by atoms with Gasteiger partial charge in [0.05, 0.1) is 0 Å². The highest BCUT2D eigenvalue weighted by Crippen LogP contribution is 2.22. The van der Waals surface area contributed by atoms with E-state index in [1.54, 1.807) is 24.3 Å². The van der Waals surface area contributed by atoms with E-state index < -0.39 is 11.5 Å². The first-order valence-corrected chi connectivity index (χ1v) is 11.2. The Balaban J connectivity index is 1.64. The van der Waals surface area contributed by atoms with E-state index in [4.69, 9.17) is 4.74 Å². The van der Waals surface area contributed by atoms with Crippen LogP contribution in [0.15, 0.2) is 48.5 Å². The van der Waals surface area contributed by atoms with Crippen LogP contribution < -0.4 is 16.0 Å². The summed E-state index contributed by atoms with van der Waals surface area (Å²) >= 11 is 0. The number of carbonyl (C=O) groups is 2. The highest BCUT2D eigenvalue weighted by molar-refractivity contribution is 5.94. The lowest BCUT2D eigenvalue weighted by molar-refractivity contribution is -0.123. The Morgan fingerprint density at radius 3 is 2.09 bits per heavy atom. The van der Waals surface area contributed by atoms with Crippen molar-refractivity contribution in [3.63, 3.8) is 0 Å². The summed E-state index contributed by atoms with van der Waals surface area (Å²) in [5.74, 6) is 0.481. The number of hydrogen-bond donors (Lipinski definition) is 3. The number of benzene rings is 2. The molecule has 10 heteroatoms. The molecular weight excluding hydrogens is 446 g/mol. The van der Waals surface area contributed by atoms with Gasteiger partial charge in [-0.1, -0.05) is 39.0 Å². The van der Waals surface area contributed by atoms with E-state index in [1.807, 2.05) is 65.8 Å². The highest BCUT2D eigenvalue weighted by Gasteiger charge is 2.21. The van der Waals surface area contributed by atoms with Crippen molar-refractivity contribution in [1.29, 1.82) is 0 Å². The number of hydrogen-bond acceptors (Lipinski definition) is 8. The van der Waals surface area contributed by atoms with Crippen LogP contribution in [-0.2, 0) is 16.1 Å². The number of anilines is 3. The molecule has 3 aromatic rings. The molecule has 0 atom stereocenters. The molecule has 35 heavy (non-hydrogen) atoms. The van der Waals surface area contributed by atoms with E-state index in [0.717, 1.165) is 5.56 Å². The quantitative estimate of drug-likeness (QED) is 0.466. The minimum Gasteiger partial charge on any atom is -0.445 e. The van der Waals surface area contributed by atoms with Gasteiger partial charge in [-0.25, -0.2) is 4.79 Å². The predicted octanol–water partition coefficient (Wildman–Crippen LogP) is 4.69. The molecule has 10 nitrogen and oxygen atoms in total. The van der Waals surface area contributed by atoms with Crippen molar-refractivity contribution < 1.29 is 14.3 Å². The Hall–Kier alpha value is -4.08. The summed E-state index contributed by atoms with van der Waals surface area (Å²) in [6.07, 6.45) is -0.500. The molecule has 0 bridgehead atoms. The van der Waals surface area contributed by atoms with Crippen molar-refractivity contribution in [3.8, 4) is 11.4 Å². The number of rotatable bonds is 6. The van der Waals surface area contributed by atoms with Crippen molar-refractivity contribution in [2.75, 3.05) is 10.6 Å². The molecule has 0 saturated carbocycles. The molecule has 0 unspecified atom stereocenters. The smallest absolute Gasteiger partial charge is 0.407 e. The van der Waals surface area contributed by atoms with Crippen LogP contribution in [0.3, 0.4) is 0 Å². The molecule has 0 spiro atoms. The molecule has 2 aromatic carbocycles. The first kappa shape index (κ1) is 25.5. The molecule has 2 amide bonds. The van der Waals surface area contributed by atoms with Crippen molar-refractivity contribution in [2.45, 2.75) is 53.7 Å². The third-order valence-corrected chi connectivity index (χ3v) is 4.66. The second-order valence-electron chi connectivity index (χ2n) is 10.1. The molecule has 0 aliphatic carbocycles. The summed E-state index contributed by atoms with van der Waals surface area (Å²) in [7, 11) is 0. The zero-order valence-corrected chi connectivity index (χ0v) is 20.8. The lowest BCUT2D eigenvalue weighted by Crippen LogP contribution is -2.40. The van der Waals surface area contributed by atoms with Gasteiger partial charge in [-0.3, -0.25) is 4.79 Å². The lowest BCUT2D eigenvalue weighted by Gasteiger charge is -2.20. The summed E-state index contributed by atoms with van der Waals surface area (Å²) in [5.41, 5.74) is 1.94. The van der Waals surface area contributed by atoms with Gasteiger partial charge < -0.3 is 20.7 Å². The molecule has 1 heterocycles. The van der Waals surface area contributed by atoms with Crippen molar-refractivity contribution in [1.82, 2.24) is 25.7 Å². The van der Waals surface area contributed by atoms with Gasteiger partial charge >= 0.3 is 6.09 Å². The molecule has 0 saturated heterocycles. The maximum Gasteiger partial charge on any atom is 0.407 e. The zero-order valence-electron chi connectivity index (χ0n) is 20.8. The van der Waals surface area contributed by atoms with Gasteiger partial charge in [0.25, 0.3) is 5.95 Å². The van der Waals surface area contributed by atoms with Gasteiger partial charge in [0.2, 0.25) is 11.7 Å². The van der Waals surface area contributed by atoms with Crippen molar-refractivity contribution in [2.24, 2.45) is 5.41 Å². The van der Waals surface area contributed by atoms with E-state index in [-0.39, 0.29) is 24.0 Å². The number of para-hydroxylation sites is 1. The van der Waals surface area contributed by atoms with Gasteiger partial charge in [-0.05, 0) is 51.1 Å². The second-order valence-corrected chi connectivity index (χ2v) is 10.1. The standard InChI is InChI=1S/C25H31N7O3/c1-24(2,3)21(33)26-18-13-11-16(12-14-18)20-29-31-22(32-30-20)27-19-10-8-7-9-17(19)15-35-23(34)28-25(4,5)6/h7-14H,15H2,1-6H3,(H,26,33)(H,28,34)(H,27,31,32). The lowest BCUT2D eigenvalue weighted by atomic mass is 9.95. The van der Waals surface area contributed by atoms with Crippen LogP contribution in [0.25, 0.3) is 11.4 Å². The van der Waals surface area contributed by atoms with Crippen LogP contribution in [0.2, 0.25) is 0 Å². The number of alkyl carbamates (subject to hydrolysis) is 1. The van der Waals surface area contributed by atoms with Crippen molar-refractivity contribution in [3.05, 3.63) is 54.1 Å². The van der Waals surface area contributed by atoms with E-state index in [0.29, 0.717) is 22.8 Å². The largest absolute Gasteiger partial charge is 0.445 e. The third-order valence-electron chi connectivity index (χ3n) is 4.66. The fraction of sp³-hybridized carbons (Fsp3) is 0.360. The Morgan fingerprint density at radius 1 is 0.857 bits per heavy atom. The molecule has 1 aromatic heterocycles. The molecule has 0 fully saturated rings. The van der Waals surface area contributed by atoms with E-state index >= 15 is 0 Å². The maximum absolute atomic E-state index is 12.1. The zero-order chi connectivity index (χ0) is 25.6. The summed E-state index contributed by atoms with van der Waals surface area (Å²) in [5, 5.41) is 25.2. The predicted molar refractivity (Wildman–Crippen MR) is 134 cm³/mol. The summed E-state index contributed by atoms with van der Waals surface area (Å²) < 4.78 is 5.32. The van der Waals surface area contributed by atoms with Crippen LogP contribution >= 0.6 is 0 Å². The number of nitrogens with one attached hydrogen (secondary N) is 3. The minimum absolute atomic E-state index is 0.0687. The summed E-state index contributed by atoms with van der Waals surface area (Å²) in [4.78, 5) is 24.1. The average Bonchev–Trinajstić information content (AvgIpc) is 2.78. The molecule has 0 radical (unpaired) electrons. The van der Waals surface area contributed by atoms with Crippen LogP contribution in [-0.4, -0.2) is 37.9 Å². The minimum atomic E-state index is -0.500. The number of aromatic nitrogens is 4. The average molecular weight is 478 g/mol. The molecule has 3 N–H and O–H groups in total. The second kappa shape index (κ2) is 10.5. The fourth-order valence-electron chi connectivity index (χ4n) is 2.79. The topological polar surface area (TPSA) is 131 Å². The van der Waals surface area contributed by atoms with Crippen LogP contribution in [0.4, 0.5) is 22.1 Å². The van der Waals surface area contributed by atoms with Crippen LogP contribution in [0, 0.1) is 5.41 Å². The summed E-state index contributed by atoms with van der Waals surface area (Å²) in [6.45, 7) is 11.3. The number of nitrogens with zero attached hydrogens (tertiary/aromatic N) is 4. The molecule has 0 aliphatic rings. The van der Waals surface area contributed by atoms with E-state index in [9.17, 15) is 9.59 Å². The van der Waals surface area contributed by atoms with Gasteiger partial charge in [-0.15, -0.1) is 20.4 Å². The Kier molecular flexibility index (Phi) is 7.63. The molecule has 184 valence electrons. The number of amides is 2. The van der Waals surface area contributed by atoms with Gasteiger partial charge in [-0.2, -0.15) is 0 Å². The molecule has 0 aliphatic heterocycles. The number of ether oxygens (including phenoxy) is 1. The van der Waals surface area contributed by atoms with Gasteiger partial charge in [0.15, 0.2) is 0 Å². The van der Waals surface area contributed by atoms with E-state index in [2.05, 4.69) is 36.3 Å². The number of carbonyl (C=O) groups excluding carboxylic acids is 2. The van der Waals surface area contributed by atoms with Crippen LogP contribution in [0.5, 0.6) is 0 Å². The summed E-state index contributed by atoms with van der Waals surface area (Å²) in [6, 6.07) is 14.5. The van der Waals surface area contributed by atoms with Crippen molar-refractivity contribution >= 4 is 29.3 Å².